The van der Waals surface area contributed by atoms with Crippen molar-refractivity contribution in [1.29, 1.82) is 0 Å². The van der Waals surface area contributed by atoms with Gasteiger partial charge in [0.1, 0.15) is 12.3 Å². The van der Waals surface area contributed by atoms with Crippen molar-refractivity contribution >= 4 is 40.6 Å². The molecule has 4 rings (SSSR count). The number of hydrogen-bond donors (Lipinski definition) is 1. The molecular weight excluding hydrogens is 408 g/mol. The summed E-state index contributed by atoms with van der Waals surface area (Å²) in [5, 5.41) is 2.18. The molecule has 0 atom stereocenters. The standard InChI is InChI=1S/C21H18N2O6S/c1-2-27-15-6-4-14(5-7-15)22-19(24)11-23-20(25)18(30-21(23)26)10-13-3-8-16-17(9-13)29-12-28-16/h3-10H,2,11-12H2,1H3,(H,22,24)/b18-10+. The quantitative estimate of drug-likeness (QED) is 0.707. The topological polar surface area (TPSA) is 94.2 Å². The van der Waals surface area contributed by atoms with Crippen molar-refractivity contribution < 1.29 is 28.6 Å². The van der Waals surface area contributed by atoms with Crippen molar-refractivity contribution in [3.63, 3.8) is 0 Å². The van der Waals surface area contributed by atoms with Crippen LogP contribution < -0.4 is 19.5 Å². The van der Waals surface area contributed by atoms with Gasteiger partial charge < -0.3 is 19.5 Å². The van der Waals surface area contributed by atoms with Crippen molar-refractivity contribution in [1.82, 2.24) is 4.90 Å². The maximum absolute atomic E-state index is 12.6. The van der Waals surface area contributed by atoms with Gasteiger partial charge >= 0.3 is 0 Å². The highest BCUT2D eigenvalue weighted by atomic mass is 32.2. The molecule has 1 N–H and O–H groups in total. The van der Waals surface area contributed by atoms with Gasteiger partial charge in [0, 0.05) is 5.69 Å². The molecule has 0 unspecified atom stereocenters. The van der Waals surface area contributed by atoms with Crippen LogP contribution in [0.1, 0.15) is 12.5 Å². The molecule has 9 heteroatoms. The molecule has 2 aliphatic rings. The van der Waals surface area contributed by atoms with Crippen LogP contribution in [0.5, 0.6) is 17.2 Å². The van der Waals surface area contributed by atoms with Crippen LogP contribution in [0, 0.1) is 0 Å². The highest BCUT2D eigenvalue weighted by Gasteiger charge is 2.36. The van der Waals surface area contributed by atoms with E-state index in [0.29, 0.717) is 35.1 Å². The van der Waals surface area contributed by atoms with Gasteiger partial charge in [0.05, 0.1) is 11.5 Å². The number of carbonyl (C=O) groups is 3. The smallest absolute Gasteiger partial charge is 0.294 e. The molecule has 0 aliphatic carbocycles. The summed E-state index contributed by atoms with van der Waals surface area (Å²) in [5.74, 6) is 0.925. The van der Waals surface area contributed by atoms with Crippen molar-refractivity contribution in [3.05, 3.63) is 52.9 Å². The van der Waals surface area contributed by atoms with Crippen LogP contribution in [0.3, 0.4) is 0 Å². The second kappa shape index (κ2) is 8.50. The fourth-order valence-corrected chi connectivity index (χ4v) is 3.77. The van der Waals surface area contributed by atoms with Gasteiger partial charge in [-0.1, -0.05) is 6.07 Å². The van der Waals surface area contributed by atoms with E-state index in [-0.39, 0.29) is 18.2 Å². The first kappa shape index (κ1) is 19.8. The first-order valence-electron chi connectivity index (χ1n) is 9.21. The van der Waals surface area contributed by atoms with Gasteiger partial charge in [0.2, 0.25) is 12.7 Å². The number of thioether (sulfide) groups is 1. The summed E-state index contributed by atoms with van der Waals surface area (Å²) in [4.78, 5) is 38.4. The lowest BCUT2D eigenvalue weighted by Gasteiger charge is -2.12. The normalized spacial score (nSPS) is 16.3. The molecule has 8 nitrogen and oxygen atoms in total. The third kappa shape index (κ3) is 4.25. The first-order chi connectivity index (χ1) is 14.5. The highest BCUT2D eigenvalue weighted by molar-refractivity contribution is 8.18. The van der Waals surface area contributed by atoms with Crippen molar-refractivity contribution in [2.24, 2.45) is 0 Å². The zero-order valence-electron chi connectivity index (χ0n) is 16.0. The average Bonchev–Trinajstić information content (AvgIpc) is 3.29. The van der Waals surface area contributed by atoms with E-state index in [0.717, 1.165) is 16.7 Å². The Bertz CT molecular complexity index is 1030. The minimum absolute atomic E-state index is 0.152. The van der Waals surface area contributed by atoms with E-state index in [1.807, 2.05) is 6.92 Å². The molecule has 2 aromatic carbocycles. The number of imide groups is 1. The molecule has 0 bridgehead atoms. The molecular formula is C21H18N2O6S. The Hall–Kier alpha value is -3.46. The Morgan fingerprint density at radius 2 is 1.93 bits per heavy atom. The molecule has 154 valence electrons. The summed E-state index contributed by atoms with van der Waals surface area (Å²) in [5.41, 5.74) is 1.25. The third-order valence-electron chi connectivity index (χ3n) is 4.32. The molecule has 1 saturated heterocycles. The van der Waals surface area contributed by atoms with Crippen LogP contribution in [0.25, 0.3) is 6.08 Å². The minimum Gasteiger partial charge on any atom is -0.494 e. The first-order valence-corrected chi connectivity index (χ1v) is 10.0. The van der Waals surface area contributed by atoms with Gasteiger partial charge in [0.25, 0.3) is 11.1 Å². The van der Waals surface area contributed by atoms with Crippen LogP contribution in [-0.4, -0.2) is 41.9 Å². The molecule has 0 saturated carbocycles. The number of ether oxygens (including phenoxy) is 3. The molecule has 0 aromatic heterocycles. The second-order valence-corrected chi connectivity index (χ2v) is 7.38. The van der Waals surface area contributed by atoms with E-state index in [9.17, 15) is 14.4 Å². The number of nitrogens with one attached hydrogen (secondary N) is 1. The average molecular weight is 426 g/mol. The lowest BCUT2D eigenvalue weighted by Crippen LogP contribution is -2.36. The van der Waals surface area contributed by atoms with E-state index >= 15 is 0 Å². The molecule has 30 heavy (non-hydrogen) atoms. The number of hydrogen-bond acceptors (Lipinski definition) is 7. The lowest BCUT2D eigenvalue weighted by atomic mass is 10.2. The Kier molecular flexibility index (Phi) is 5.62. The summed E-state index contributed by atoms with van der Waals surface area (Å²) in [7, 11) is 0. The number of anilines is 1. The van der Waals surface area contributed by atoms with E-state index in [4.69, 9.17) is 14.2 Å². The monoisotopic (exact) mass is 426 g/mol. The summed E-state index contributed by atoms with van der Waals surface area (Å²) in [6.07, 6.45) is 1.59. The minimum atomic E-state index is -0.510. The van der Waals surface area contributed by atoms with Gasteiger partial charge in [-0.05, 0) is 66.7 Å². The Morgan fingerprint density at radius 1 is 1.17 bits per heavy atom. The molecule has 0 spiro atoms. The van der Waals surface area contributed by atoms with E-state index in [1.54, 1.807) is 48.5 Å². The summed E-state index contributed by atoms with van der Waals surface area (Å²) in [6.45, 7) is 2.22. The maximum atomic E-state index is 12.6. The summed E-state index contributed by atoms with van der Waals surface area (Å²) >= 11 is 0.796. The van der Waals surface area contributed by atoms with Crippen LogP contribution in [0.4, 0.5) is 10.5 Å². The SMILES string of the molecule is CCOc1ccc(NC(=O)CN2C(=O)S/C(=C/c3ccc4c(c3)OCO4)C2=O)cc1. The fourth-order valence-electron chi connectivity index (χ4n) is 2.94. The van der Waals surface area contributed by atoms with Crippen LogP contribution >= 0.6 is 11.8 Å². The molecule has 2 heterocycles. The second-order valence-electron chi connectivity index (χ2n) is 6.39. The number of fused-ring (bicyclic) bond motifs is 1. The van der Waals surface area contributed by atoms with Crippen LogP contribution in [0.15, 0.2) is 47.4 Å². The maximum Gasteiger partial charge on any atom is 0.294 e. The Balaban J connectivity index is 1.40. The van der Waals surface area contributed by atoms with E-state index < -0.39 is 17.1 Å². The number of benzene rings is 2. The van der Waals surface area contributed by atoms with Crippen molar-refractivity contribution in [2.75, 3.05) is 25.3 Å². The van der Waals surface area contributed by atoms with Crippen molar-refractivity contribution in [2.45, 2.75) is 6.92 Å². The van der Waals surface area contributed by atoms with Crippen LogP contribution in [0.2, 0.25) is 0 Å². The molecule has 3 amide bonds. The van der Waals surface area contributed by atoms with Gasteiger partial charge in [-0.15, -0.1) is 0 Å². The van der Waals surface area contributed by atoms with Gasteiger partial charge in [-0.2, -0.15) is 0 Å². The van der Waals surface area contributed by atoms with Gasteiger partial charge in [-0.25, -0.2) is 0 Å². The predicted octanol–water partition coefficient (Wildman–Crippen LogP) is 3.49. The molecule has 2 aromatic rings. The summed E-state index contributed by atoms with van der Waals surface area (Å²) < 4.78 is 15.9. The number of rotatable bonds is 6. The number of amides is 3. The van der Waals surface area contributed by atoms with E-state index in [2.05, 4.69) is 5.32 Å². The molecule has 1 fully saturated rings. The number of carbonyl (C=O) groups excluding carboxylic acids is 3. The Morgan fingerprint density at radius 3 is 2.70 bits per heavy atom. The molecule has 2 aliphatic heterocycles. The predicted molar refractivity (Wildman–Crippen MR) is 111 cm³/mol. The molecule has 0 radical (unpaired) electrons. The van der Waals surface area contributed by atoms with Gasteiger partial charge in [0.15, 0.2) is 11.5 Å². The Labute approximate surface area is 176 Å². The number of nitrogens with zero attached hydrogens (tertiary/aromatic N) is 1. The van der Waals surface area contributed by atoms with Crippen molar-refractivity contribution in [3.8, 4) is 17.2 Å². The van der Waals surface area contributed by atoms with Crippen LogP contribution in [-0.2, 0) is 9.59 Å². The summed E-state index contributed by atoms with van der Waals surface area (Å²) in [6, 6.07) is 12.1. The fraction of sp³-hybridized carbons (Fsp3) is 0.190. The largest absolute Gasteiger partial charge is 0.494 e. The van der Waals surface area contributed by atoms with E-state index in [1.165, 1.54) is 0 Å². The zero-order chi connectivity index (χ0) is 21.1. The van der Waals surface area contributed by atoms with Gasteiger partial charge in [-0.3, -0.25) is 19.3 Å². The zero-order valence-corrected chi connectivity index (χ0v) is 16.9. The third-order valence-corrected chi connectivity index (χ3v) is 5.23. The lowest BCUT2D eigenvalue weighted by molar-refractivity contribution is -0.127. The highest BCUT2D eigenvalue weighted by Crippen LogP contribution is 2.36.